The van der Waals surface area contributed by atoms with Crippen LogP contribution >= 0.6 is 15.9 Å². The van der Waals surface area contributed by atoms with Crippen LogP contribution in [0.3, 0.4) is 0 Å². The van der Waals surface area contributed by atoms with E-state index >= 15 is 0 Å². The molecule has 0 aliphatic rings. The van der Waals surface area contributed by atoms with Crippen molar-refractivity contribution in [2.75, 3.05) is 0 Å². The van der Waals surface area contributed by atoms with Gasteiger partial charge in [-0.3, -0.25) is 0 Å². The lowest BCUT2D eigenvalue weighted by molar-refractivity contribution is 1.46. The second-order valence-electron chi connectivity index (χ2n) is 3.00. The predicted octanol–water partition coefficient (Wildman–Crippen LogP) is 4.17. The molecule has 1 heteroatoms. The zero-order chi connectivity index (χ0) is 9.26. The highest BCUT2D eigenvalue weighted by molar-refractivity contribution is 9.10. The fourth-order valence-corrected chi connectivity index (χ4v) is 1.91. The SMILES string of the molecule is C[CH]c1cccc2cc(Br)ccc12. The minimum Gasteiger partial charge on any atom is -0.0613 e. The summed E-state index contributed by atoms with van der Waals surface area (Å²) < 4.78 is 1.13. The third-order valence-electron chi connectivity index (χ3n) is 2.19. The number of rotatable bonds is 1. The van der Waals surface area contributed by atoms with E-state index in [1.807, 2.05) is 0 Å². The maximum atomic E-state index is 3.47. The van der Waals surface area contributed by atoms with Crippen LogP contribution in [0.1, 0.15) is 12.5 Å². The first-order chi connectivity index (χ1) is 6.31. The minimum absolute atomic E-state index is 1.13. The number of benzene rings is 2. The molecule has 0 unspecified atom stereocenters. The van der Waals surface area contributed by atoms with Crippen molar-refractivity contribution < 1.29 is 0 Å². The Labute approximate surface area is 86.7 Å². The van der Waals surface area contributed by atoms with Crippen molar-refractivity contribution in [1.82, 2.24) is 0 Å². The van der Waals surface area contributed by atoms with Crippen molar-refractivity contribution in [3.05, 3.63) is 52.9 Å². The van der Waals surface area contributed by atoms with Gasteiger partial charge in [-0.05, 0) is 34.9 Å². The summed E-state index contributed by atoms with van der Waals surface area (Å²) in [6, 6.07) is 12.7. The van der Waals surface area contributed by atoms with Crippen LogP contribution in [0.5, 0.6) is 0 Å². The standard InChI is InChI=1S/C12H10Br/c1-2-9-4-3-5-10-8-11(13)6-7-12(9)10/h2-8H,1H3. The minimum atomic E-state index is 1.13. The molecule has 2 aromatic carbocycles. The van der Waals surface area contributed by atoms with Gasteiger partial charge in [-0.15, -0.1) is 0 Å². The predicted molar refractivity (Wildman–Crippen MR) is 60.7 cm³/mol. The zero-order valence-electron chi connectivity index (χ0n) is 7.42. The maximum absolute atomic E-state index is 3.47. The summed E-state index contributed by atoms with van der Waals surface area (Å²) in [5.41, 5.74) is 1.30. The molecule has 0 amide bonds. The molecule has 0 bridgehead atoms. The molecule has 1 radical (unpaired) electrons. The van der Waals surface area contributed by atoms with Crippen LogP contribution in [0.25, 0.3) is 10.8 Å². The van der Waals surface area contributed by atoms with Crippen molar-refractivity contribution in [2.24, 2.45) is 0 Å². The Bertz CT molecular complexity index is 432. The van der Waals surface area contributed by atoms with Gasteiger partial charge in [-0.1, -0.05) is 47.1 Å². The average Bonchev–Trinajstić information content (AvgIpc) is 2.16. The molecule has 13 heavy (non-hydrogen) atoms. The van der Waals surface area contributed by atoms with Gasteiger partial charge in [-0.2, -0.15) is 0 Å². The first kappa shape index (κ1) is 8.76. The summed E-state index contributed by atoms with van der Waals surface area (Å²) in [6.45, 7) is 2.07. The normalized spacial score (nSPS) is 10.6. The van der Waals surface area contributed by atoms with E-state index in [0.29, 0.717) is 0 Å². The number of fused-ring (bicyclic) bond motifs is 1. The zero-order valence-corrected chi connectivity index (χ0v) is 9.01. The van der Waals surface area contributed by atoms with Crippen molar-refractivity contribution >= 4 is 26.7 Å². The molecular formula is C12H10Br. The maximum Gasteiger partial charge on any atom is 0.0181 e. The highest BCUT2D eigenvalue weighted by Crippen LogP contribution is 2.23. The Morgan fingerprint density at radius 1 is 1.15 bits per heavy atom. The van der Waals surface area contributed by atoms with Gasteiger partial charge in [0.1, 0.15) is 0 Å². The second kappa shape index (κ2) is 3.51. The Kier molecular flexibility index (Phi) is 2.36. The smallest absolute Gasteiger partial charge is 0.0181 e. The summed E-state index contributed by atoms with van der Waals surface area (Å²) in [4.78, 5) is 0. The topological polar surface area (TPSA) is 0 Å². The van der Waals surface area contributed by atoms with Crippen LogP contribution in [-0.2, 0) is 0 Å². The van der Waals surface area contributed by atoms with E-state index in [1.54, 1.807) is 0 Å². The summed E-state index contributed by atoms with van der Waals surface area (Å²) in [6.07, 6.45) is 2.14. The molecule has 0 aromatic heterocycles. The molecule has 0 aliphatic heterocycles. The van der Waals surface area contributed by atoms with E-state index in [4.69, 9.17) is 0 Å². The van der Waals surface area contributed by atoms with Crippen molar-refractivity contribution in [1.29, 1.82) is 0 Å². The van der Waals surface area contributed by atoms with Crippen molar-refractivity contribution in [3.8, 4) is 0 Å². The Hall–Kier alpha value is -0.820. The number of halogens is 1. The van der Waals surface area contributed by atoms with Gasteiger partial charge in [0.2, 0.25) is 0 Å². The van der Waals surface area contributed by atoms with Crippen LogP contribution in [0.4, 0.5) is 0 Å². The third kappa shape index (κ3) is 1.61. The number of hydrogen-bond acceptors (Lipinski definition) is 0. The first-order valence-corrected chi connectivity index (χ1v) is 5.08. The Morgan fingerprint density at radius 2 is 2.00 bits per heavy atom. The van der Waals surface area contributed by atoms with E-state index < -0.39 is 0 Å². The first-order valence-electron chi connectivity index (χ1n) is 4.29. The molecule has 65 valence electrons. The molecule has 0 fully saturated rings. The van der Waals surface area contributed by atoms with Crippen LogP contribution in [0, 0.1) is 6.42 Å². The van der Waals surface area contributed by atoms with Gasteiger partial charge in [0, 0.05) is 4.47 Å². The highest BCUT2D eigenvalue weighted by Gasteiger charge is 1.98. The molecule has 0 saturated heterocycles. The average molecular weight is 234 g/mol. The van der Waals surface area contributed by atoms with Gasteiger partial charge in [0.15, 0.2) is 0 Å². The molecule has 2 rings (SSSR count). The Balaban J connectivity index is 2.77. The van der Waals surface area contributed by atoms with E-state index in [-0.39, 0.29) is 0 Å². The van der Waals surface area contributed by atoms with E-state index in [1.165, 1.54) is 16.3 Å². The quantitative estimate of drug-likeness (QED) is 0.694. The summed E-state index contributed by atoms with van der Waals surface area (Å²) in [5.74, 6) is 0. The molecule has 0 nitrogen and oxygen atoms in total. The van der Waals surface area contributed by atoms with Crippen LogP contribution in [0.15, 0.2) is 40.9 Å². The van der Waals surface area contributed by atoms with Crippen LogP contribution < -0.4 is 0 Å². The van der Waals surface area contributed by atoms with Crippen LogP contribution in [0.2, 0.25) is 0 Å². The van der Waals surface area contributed by atoms with Gasteiger partial charge in [-0.25, -0.2) is 0 Å². The number of hydrogen-bond donors (Lipinski definition) is 0. The summed E-state index contributed by atoms with van der Waals surface area (Å²) >= 11 is 3.47. The molecule has 0 heterocycles. The van der Waals surface area contributed by atoms with Crippen molar-refractivity contribution in [3.63, 3.8) is 0 Å². The molecule has 0 N–H and O–H groups in total. The van der Waals surface area contributed by atoms with Gasteiger partial charge < -0.3 is 0 Å². The lowest BCUT2D eigenvalue weighted by Gasteiger charge is -2.03. The van der Waals surface area contributed by atoms with E-state index in [0.717, 1.165) is 4.47 Å². The Morgan fingerprint density at radius 3 is 2.77 bits per heavy atom. The molecule has 0 spiro atoms. The van der Waals surface area contributed by atoms with Gasteiger partial charge >= 0.3 is 0 Å². The fraction of sp³-hybridized carbons (Fsp3) is 0.0833. The monoisotopic (exact) mass is 233 g/mol. The molecule has 0 saturated carbocycles. The van der Waals surface area contributed by atoms with E-state index in [2.05, 4.69) is 65.7 Å². The lowest BCUT2D eigenvalue weighted by Crippen LogP contribution is -1.80. The highest BCUT2D eigenvalue weighted by atomic mass is 79.9. The molecule has 2 aromatic rings. The summed E-state index contributed by atoms with van der Waals surface area (Å²) in [5, 5.41) is 2.60. The summed E-state index contributed by atoms with van der Waals surface area (Å²) in [7, 11) is 0. The largest absolute Gasteiger partial charge is 0.0613 e. The van der Waals surface area contributed by atoms with Gasteiger partial charge in [0.25, 0.3) is 0 Å². The third-order valence-corrected chi connectivity index (χ3v) is 2.68. The molecule has 0 atom stereocenters. The fourth-order valence-electron chi connectivity index (χ4n) is 1.53. The molecule has 0 aliphatic carbocycles. The second-order valence-corrected chi connectivity index (χ2v) is 3.92. The molecular weight excluding hydrogens is 224 g/mol. The van der Waals surface area contributed by atoms with Crippen LogP contribution in [-0.4, -0.2) is 0 Å². The lowest BCUT2D eigenvalue weighted by atomic mass is 10.0. The van der Waals surface area contributed by atoms with E-state index in [9.17, 15) is 0 Å². The van der Waals surface area contributed by atoms with Crippen molar-refractivity contribution in [2.45, 2.75) is 6.92 Å². The van der Waals surface area contributed by atoms with Gasteiger partial charge in [0.05, 0.1) is 0 Å².